The molecule has 2 N–H and O–H groups in total. The van der Waals surface area contributed by atoms with Crippen LogP contribution in [0.2, 0.25) is 0 Å². The highest BCUT2D eigenvalue weighted by Gasteiger charge is 2.36. The molecule has 0 bridgehead atoms. The molecule has 9 heteroatoms. The Morgan fingerprint density at radius 1 is 0.971 bits per heavy atom. The monoisotopic (exact) mass is 480 g/mol. The number of primary amides is 1. The van der Waals surface area contributed by atoms with Gasteiger partial charge in [-0.15, -0.1) is 0 Å². The number of carbonyl (C=O) groups excluding carboxylic acids is 2. The molecule has 2 aromatic carbocycles. The Labute approximate surface area is 205 Å². The molecule has 2 amide bonds. The summed E-state index contributed by atoms with van der Waals surface area (Å²) < 4.78 is 16.4. The second kappa shape index (κ2) is 10.8. The van der Waals surface area contributed by atoms with E-state index in [-0.39, 0.29) is 30.3 Å². The van der Waals surface area contributed by atoms with Gasteiger partial charge in [0.2, 0.25) is 5.91 Å². The number of benzene rings is 2. The van der Waals surface area contributed by atoms with Crippen LogP contribution in [0.5, 0.6) is 17.2 Å². The van der Waals surface area contributed by atoms with Gasteiger partial charge in [-0.25, -0.2) is 5.01 Å². The molecule has 0 aliphatic carbocycles. The molecule has 9 nitrogen and oxygen atoms in total. The van der Waals surface area contributed by atoms with E-state index < -0.39 is 0 Å². The van der Waals surface area contributed by atoms with Crippen molar-refractivity contribution in [1.29, 1.82) is 0 Å². The maximum atomic E-state index is 13.5. The summed E-state index contributed by atoms with van der Waals surface area (Å²) in [4.78, 5) is 27.1. The van der Waals surface area contributed by atoms with Gasteiger partial charge >= 0.3 is 0 Å². The Morgan fingerprint density at radius 2 is 1.66 bits per heavy atom. The smallest absolute Gasteiger partial charge is 0.257 e. The first-order valence-corrected chi connectivity index (χ1v) is 11.7. The van der Waals surface area contributed by atoms with Crippen molar-refractivity contribution in [2.75, 3.05) is 41.0 Å². The van der Waals surface area contributed by atoms with Gasteiger partial charge < -0.3 is 19.9 Å². The number of rotatable bonds is 8. The Kier molecular flexibility index (Phi) is 7.55. The minimum Gasteiger partial charge on any atom is -0.496 e. The van der Waals surface area contributed by atoms with E-state index in [9.17, 15) is 9.59 Å². The summed E-state index contributed by atoms with van der Waals surface area (Å²) in [6.07, 6.45) is 1.86. The van der Waals surface area contributed by atoms with Crippen molar-refractivity contribution < 1.29 is 23.8 Å². The summed E-state index contributed by atoms with van der Waals surface area (Å²) in [6.45, 7) is 1.53. The average Bonchev–Trinajstić information content (AvgIpc) is 3.34. The zero-order valence-corrected chi connectivity index (χ0v) is 20.4. The fourth-order valence-electron chi connectivity index (χ4n) is 4.75. The van der Waals surface area contributed by atoms with Gasteiger partial charge in [0, 0.05) is 23.5 Å². The number of methoxy groups -OCH3 is 3. The molecule has 0 aromatic heterocycles. The molecular weight excluding hydrogens is 448 g/mol. The number of likely N-dealkylation sites (tertiary alicyclic amines) is 1. The molecular formula is C26H32N4O5. The van der Waals surface area contributed by atoms with E-state index in [0.29, 0.717) is 49.6 Å². The minimum atomic E-state index is -0.301. The van der Waals surface area contributed by atoms with Gasteiger partial charge in [-0.3, -0.25) is 14.5 Å². The molecule has 0 spiro atoms. The minimum absolute atomic E-state index is 0.103. The molecule has 4 rings (SSSR count). The van der Waals surface area contributed by atoms with Crippen LogP contribution < -0.4 is 19.9 Å². The van der Waals surface area contributed by atoms with E-state index in [1.165, 1.54) is 0 Å². The number of carbonyl (C=O) groups is 2. The molecule has 2 aliphatic heterocycles. The number of ether oxygens (including phenoxy) is 3. The molecule has 2 aliphatic rings. The molecule has 2 heterocycles. The Balaban J connectivity index is 1.61. The van der Waals surface area contributed by atoms with Crippen LogP contribution in [-0.4, -0.2) is 68.4 Å². The van der Waals surface area contributed by atoms with Crippen molar-refractivity contribution in [3.63, 3.8) is 0 Å². The number of para-hydroxylation sites is 1. The maximum Gasteiger partial charge on any atom is 0.257 e. The topological polar surface area (TPSA) is 107 Å². The van der Waals surface area contributed by atoms with E-state index in [4.69, 9.17) is 25.0 Å². The Hall–Kier alpha value is -3.59. The first-order valence-electron chi connectivity index (χ1n) is 11.7. The van der Waals surface area contributed by atoms with Gasteiger partial charge in [-0.05, 0) is 50.2 Å². The molecule has 1 saturated heterocycles. The summed E-state index contributed by atoms with van der Waals surface area (Å²) in [6, 6.07) is 13.0. The first kappa shape index (κ1) is 24.5. The molecule has 35 heavy (non-hydrogen) atoms. The predicted molar refractivity (Wildman–Crippen MR) is 132 cm³/mol. The van der Waals surface area contributed by atoms with Crippen LogP contribution in [0.25, 0.3) is 0 Å². The quantitative estimate of drug-likeness (QED) is 0.623. The summed E-state index contributed by atoms with van der Waals surface area (Å²) in [7, 11) is 4.81. The fourth-order valence-corrected chi connectivity index (χ4v) is 4.75. The second-order valence-corrected chi connectivity index (χ2v) is 8.77. The van der Waals surface area contributed by atoms with Gasteiger partial charge in [0.15, 0.2) is 11.5 Å². The van der Waals surface area contributed by atoms with E-state index in [2.05, 4.69) is 4.90 Å². The van der Waals surface area contributed by atoms with E-state index in [0.717, 1.165) is 16.8 Å². The van der Waals surface area contributed by atoms with Crippen molar-refractivity contribution in [2.45, 2.75) is 25.3 Å². The molecule has 0 unspecified atom stereocenters. The SMILES string of the molecule is COc1ccc(C2=NN(C(=O)CN3CCC(C(N)=O)CC3)[C@@H](c3ccccc3OC)C2)cc1OC. The fraction of sp³-hybridized carbons (Fsp3) is 0.423. The number of piperidine rings is 1. The number of nitrogens with zero attached hydrogens (tertiary/aromatic N) is 3. The third-order valence-corrected chi connectivity index (χ3v) is 6.73. The number of hydrogen-bond acceptors (Lipinski definition) is 7. The summed E-state index contributed by atoms with van der Waals surface area (Å²) in [5.41, 5.74) is 7.99. The third kappa shape index (κ3) is 5.24. The molecule has 2 aromatic rings. The van der Waals surface area contributed by atoms with Crippen LogP contribution in [0.15, 0.2) is 47.6 Å². The van der Waals surface area contributed by atoms with Gasteiger partial charge in [0.1, 0.15) is 5.75 Å². The van der Waals surface area contributed by atoms with Crippen molar-refractivity contribution in [3.05, 3.63) is 53.6 Å². The van der Waals surface area contributed by atoms with Gasteiger partial charge in [0.05, 0.1) is 39.6 Å². The standard InChI is InChI=1S/C26H32N4O5/c1-33-22-7-5-4-6-19(22)21-15-20(18-8-9-23(34-2)24(14-18)35-3)28-30(21)25(31)16-29-12-10-17(11-13-29)26(27)32/h4-9,14,17,21H,10-13,15-16H2,1-3H3,(H2,27,32)/t21-/m1/s1. The highest BCUT2D eigenvalue weighted by molar-refractivity contribution is 6.03. The normalized spacial score (nSPS) is 18.8. The molecule has 186 valence electrons. The van der Waals surface area contributed by atoms with Gasteiger partial charge in [-0.2, -0.15) is 5.10 Å². The van der Waals surface area contributed by atoms with Gasteiger partial charge in [0.25, 0.3) is 5.91 Å². The van der Waals surface area contributed by atoms with Crippen molar-refractivity contribution in [3.8, 4) is 17.2 Å². The lowest BCUT2D eigenvalue weighted by Gasteiger charge is -2.31. The third-order valence-electron chi connectivity index (χ3n) is 6.73. The summed E-state index contributed by atoms with van der Waals surface area (Å²) in [5.74, 6) is 1.45. The zero-order valence-electron chi connectivity index (χ0n) is 20.4. The zero-order chi connectivity index (χ0) is 24.9. The molecule has 1 atom stereocenters. The lowest BCUT2D eigenvalue weighted by Crippen LogP contribution is -2.44. The molecule has 0 saturated carbocycles. The summed E-state index contributed by atoms with van der Waals surface area (Å²) >= 11 is 0. The Morgan fingerprint density at radius 3 is 2.31 bits per heavy atom. The first-order chi connectivity index (χ1) is 16.9. The number of nitrogens with two attached hydrogens (primary N) is 1. The van der Waals surface area contributed by atoms with E-state index >= 15 is 0 Å². The van der Waals surface area contributed by atoms with Crippen LogP contribution >= 0.6 is 0 Å². The van der Waals surface area contributed by atoms with Crippen molar-refractivity contribution in [1.82, 2.24) is 9.91 Å². The lowest BCUT2D eigenvalue weighted by atomic mass is 9.96. The highest BCUT2D eigenvalue weighted by atomic mass is 16.5. The maximum absolute atomic E-state index is 13.5. The van der Waals surface area contributed by atoms with Gasteiger partial charge in [-0.1, -0.05) is 18.2 Å². The predicted octanol–water partition coefficient (Wildman–Crippen LogP) is 2.59. The summed E-state index contributed by atoms with van der Waals surface area (Å²) in [5, 5.41) is 6.35. The number of amides is 2. The van der Waals surface area contributed by atoms with Crippen molar-refractivity contribution in [2.24, 2.45) is 16.8 Å². The molecule has 0 radical (unpaired) electrons. The lowest BCUT2D eigenvalue weighted by molar-refractivity contribution is -0.134. The molecule has 1 fully saturated rings. The van der Waals surface area contributed by atoms with Crippen LogP contribution in [0.1, 0.15) is 36.4 Å². The number of hydrogen-bond donors (Lipinski definition) is 1. The van der Waals surface area contributed by atoms with Crippen LogP contribution in [-0.2, 0) is 9.59 Å². The van der Waals surface area contributed by atoms with Crippen LogP contribution in [0, 0.1) is 5.92 Å². The van der Waals surface area contributed by atoms with Crippen molar-refractivity contribution >= 4 is 17.5 Å². The Bertz CT molecular complexity index is 1110. The number of hydrazone groups is 1. The van der Waals surface area contributed by atoms with E-state index in [1.807, 2.05) is 42.5 Å². The average molecular weight is 481 g/mol. The van der Waals surface area contributed by atoms with E-state index in [1.54, 1.807) is 26.3 Å². The highest BCUT2D eigenvalue weighted by Crippen LogP contribution is 2.38. The largest absolute Gasteiger partial charge is 0.496 e. The van der Waals surface area contributed by atoms with Crippen LogP contribution in [0.3, 0.4) is 0 Å². The van der Waals surface area contributed by atoms with Crippen LogP contribution in [0.4, 0.5) is 0 Å². The second-order valence-electron chi connectivity index (χ2n) is 8.77.